The van der Waals surface area contributed by atoms with Crippen LogP contribution in [0.1, 0.15) is 10.4 Å². The fraction of sp³-hybridized carbons (Fsp3) is 0.0714. The minimum Gasteiger partial charge on any atom is -0.507 e. The van der Waals surface area contributed by atoms with E-state index in [1.165, 1.54) is 23.9 Å². The van der Waals surface area contributed by atoms with Gasteiger partial charge in [0.1, 0.15) is 17.1 Å². The zero-order valence-electron chi connectivity index (χ0n) is 10.2. The highest BCUT2D eigenvalue weighted by Gasteiger charge is 2.10. The zero-order valence-corrected chi connectivity index (χ0v) is 11.0. The molecule has 0 aliphatic heterocycles. The smallest absolute Gasteiger partial charge is 0.339 e. The zero-order chi connectivity index (χ0) is 13.8. The van der Waals surface area contributed by atoms with E-state index in [9.17, 15) is 9.90 Å². The van der Waals surface area contributed by atoms with Crippen LogP contribution in [0.3, 0.4) is 0 Å². The van der Waals surface area contributed by atoms with Crippen molar-refractivity contribution >= 4 is 17.7 Å². The Bertz CT molecular complexity index is 593. The highest BCUT2D eigenvalue weighted by atomic mass is 32.2. The molecule has 0 aliphatic carbocycles. The maximum absolute atomic E-state index is 10.8. The van der Waals surface area contributed by atoms with E-state index in [4.69, 9.17) is 9.84 Å². The van der Waals surface area contributed by atoms with Gasteiger partial charge in [-0.2, -0.15) is 0 Å². The molecule has 0 aromatic heterocycles. The number of hydrogen-bond donors (Lipinski definition) is 2. The number of rotatable bonds is 4. The summed E-state index contributed by atoms with van der Waals surface area (Å²) in [6.07, 6.45) is 0. The van der Waals surface area contributed by atoms with E-state index in [1.54, 1.807) is 13.2 Å². The maximum Gasteiger partial charge on any atom is 0.339 e. The molecular formula is C14H12O4S. The minimum absolute atomic E-state index is 0.0981. The summed E-state index contributed by atoms with van der Waals surface area (Å²) in [5.41, 5.74) is -0.0981. The molecule has 2 rings (SSSR count). The monoisotopic (exact) mass is 276 g/mol. The summed E-state index contributed by atoms with van der Waals surface area (Å²) in [6.45, 7) is 0. The van der Waals surface area contributed by atoms with Crippen molar-refractivity contribution in [3.05, 3.63) is 48.0 Å². The van der Waals surface area contributed by atoms with Crippen molar-refractivity contribution in [2.45, 2.75) is 9.79 Å². The summed E-state index contributed by atoms with van der Waals surface area (Å²) < 4.78 is 5.07. The van der Waals surface area contributed by atoms with Gasteiger partial charge in [0.2, 0.25) is 0 Å². The van der Waals surface area contributed by atoms with Gasteiger partial charge in [0, 0.05) is 9.79 Å². The molecule has 4 nitrogen and oxygen atoms in total. The summed E-state index contributed by atoms with van der Waals surface area (Å²) >= 11 is 1.43. The lowest BCUT2D eigenvalue weighted by atomic mass is 10.2. The molecule has 0 atom stereocenters. The Morgan fingerprint density at radius 1 is 1.11 bits per heavy atom. The third-order valence-electron chi connectivity index (χ3n) is 2.49. The van der Waals surface area contributed by atoms with Crippen LogP contribution in [0.15, 0.2) is 52.3 Å². The van der Waals surface area contributed by atoms with Crippen molar-refractivity contribution in [2.24, 2.45) is 0 Å². The Balaban J connectivity index is 2.18. The van der Waals surface area contributed by atoms with E-state index >= 15 is 0 Å². The average molecular weight is 276 g/mol. The fourth-order valence-electron chi connectivity index (χ4n) is 1.54. The molecule has 0 heterocycles. The van der Waals surface area contributed by atoms with Gasteiger partial charge in [-0.25, -0.2) is 4.79 Å². The van der Waals surface area contributed by atoms with Gasteiger partial charge in [-0.15, -0.1) is 0 Å². The summed E-state index contributed by atoms with van der Waals surface area (Å²) in [4.78, 5) is 12.5. The molecule has 0 spiro atoms. The van der Waals surface area contributed by atoms with Gasteiger partial charge in [-0.05, 0) is 42.5 Å². The van der Waals surface area contributed by atoms with Crippen LogP contribution in [0.5, 0.6) is 11.5 Å². The normalized spacial score (nSPS) is 10.2. The first-order chi connectivity index (χ1) is 9.10. The van der Waals surface area contributed by atoms with Crippen LogP contribution in [0.2, 0.25) is 0 Å². The Labute approximate surface area is 114 Å². The molecule has 0 amide bonds. The van der Waals surface area contributed by atoms with Crippen LogP contribution in [0, 0.1) is 0 Å². The molecule has 0 bridgehead atoms. The van der Waals surface area contributed by atoms with Gasteiger partial charge in [-0.3, -0.25) is 0 Å². The van der Waals surface area contributed by atoms with E-state index in [0.717, 1.165) is 15.5 Å². The first-order valence-corrected chi connectivity index (χ1v) is 6.30. The van der Waals surface area contributed by atoms with Crippen molar-refractivity contribution in [3.8, 4) is 11.5 Å². The van der Waals surface area contributed by atoms with Crippen molar-refractivity contribution in [3.63, 3.8) is 0 Å². The highest BCUT2D eigenvalue weighted by Crippen LogP contribution is 2.32. The number of phenols is 1. The second-order valence-corrected chi connectivity index (χ2v) is 4.91. The quantitative estimate of drug-likeness (QED) is 0.897. The van der Waals surface area contributed by atoms with Gasteiger partial charge < -0.3 is 14.9 Å². The number of hydrogen-bond acceptors (Lipinski definition) is 4. The largest absolute Gasteiger partial charge is 0.507 e. The first-order valence-electron chi connectivity index (χ1n) is 5.48. The van der Waals surface area contributed by atoms with Crippen molar-refractivity contribution in [1.82, 2.24) is 0 Å². The topological polar surface area (TPSA) is 66.8 Å². The van der Waals surface area contributed by atoms with Crippen molar-refractivity contribution < 1.29 is 19.7 Å². The predicted octanol–water partition coefficient (Wildman–Crippen LogP) is 3.25. The van der Waals surface area contributed by atoms with Gasteiger partial charge in [0.25, 0.3) is 0 Å². The fourth-order valence-corrected chi connectivity index (χ4v) is 2.39. The van der Waals surface area contributed by atoms with Crippen molar-refractivity contribution in [1.29, 1.82) is 0 Å². The Morgan fingerprint density at radius 3 is 2.26 bits per heavy atom. The number of benzene rings is 2. The summed E-state index contributed by atoms with van der Waals surface area (Å²) in [6, 6.07) is 12.0. The van der Waals surface area contributed by atoms with Crippen LogP contribution >= 0.6 is 11.8 Å². The van der Waals surface area contributed by atoms with E-state index in [0.29, 0.717) is 0 Å². The lowest BCUT2D eigenvalue weighted by molar-refractivity contribution is 0.0693. The molecule has 0 fully saturated rings. The molecule has 0 saturated heterocycles. The van der Waals surface area contributed by atoms with E-state index < -0.39 is 5.97 Å². The first kappa shape index (κ1) is 13.3. The Morgan fingerprint density at radius 2 is 1.74 bits per heavy atom. The lowest BCUT2D eigenvalue weighted by Crippen LogP contribution is -1.96. The van der Waals surface area contributed by atoms with E-state index in [2.05, 4.69) is 0 Å². The van der Waals surface area contributed by atoms with Crippen LogP contribution in [0.4, 0.5) is 0 Å². The molecule has 2 aromatic rings. The van der Waals surface area contributed by atoms with Crippen LogP contribution in [0.25, 0.3) is 0 Å². The molecule has 2 aromatic carbocycles. The molecule has 2 N–H and O–H groups in total. The van der Waals surface area contributed by atoms with Crippen LogP contribution in [-0.4, -0.2) is 23.3 Å². The van der Waals surface area contributed by atoms with E-state index in [-0.39, 0.29) is 11.3 Å². The molecular weight excluding hydrogens is 264 g/mol. The molecule has 0 saturated carbocycles. The average Bonchev–Trinajstić information content (AvgIpc) is 2.39. The number of aromatic hydroxyl groups is 1. The van der Waals surface area contributed by atoms with Gasteiger partial charge >= 0.3 is 5.97 Å². The molecule has 5 heteroatoms. The lowest BCUT2D eigenvalue weighted by Gasteiger charge is -2.05. The number of carboxylic acids is 1. The second-order valence-electron chi connectivity index (χ2n) is 3.76. The molecule has 0 aliphatic rings. The van der Waals surface area contributed by atoms with Crippen LogP contribution in [-0.2, 0) is 0 Å². The van der Waals surface area contributed by atoms with Gasteiger partial charge in [0.05, 0.1) is 7.11 Å². The number of carboxylic acid groups (broad SMARTS) is 1. The van der Waals surface area contributed by atoms with Gasteiger partial charge in [0.15, 0.2) is 0 Å². The SMILES string of the molecule is COc1ccc(Sc2ccc(C(=O)O)c(O)c2)cc1. The molecule has 0 unspecified atom stereocenters. The summed E-state index contributed by atoms with van der Waals surface area (Å²) in [5.74, 6) is -0.599. The van der Waals surface area contributed by atoms with Crippen LogP contribution < -0.4 is 4.74 Å². The predicted molar refractivity (Wildman–Crippen MR) is 72.2 cm³/mol. The third-order valence-corrected chi connectivity index (χ3v) is 3.49. The number of methoxy groups -OCH3 is 1. The number of carbonyl (C=O) groups is 1. The maximum atomic E-state index is 10.8. The standard InChI is InChI=1S/C14H12O4S/c1-18-9-2-4-10(5-3-9)19-11-6-7-12(14(16)17)13(15)8-11/h2-8,15H,1H3,(H,16,17). The summed E-state index contributed by atoms with van der Waals surface area (Å²) in [7, 11) is 1.60. The van der Waals surface area contributed by atoms with Crippen molar-refractivity contribution in [2.75, 3.05) is 7.11 Å². The molecule has 0 radical (unpaired) electrons. The number of aromatic carboxylic acids is 1. The molecule has 19 heavy (non-hydrogen) atoms. The molecule has 98 valence electrons. The van der Waals surface area contributed by atoms with E-state index in [1.807, 2.05) is 24.3 Å². The van der Waals surface area contributed by atoms with Gasteiger partial charge in [-0.1, -0.05) is 11.8 Å². The number of ether oxygens (including phenoxy) is 1. The third kappa shape index (κ3) is 3.20. The Kier molecular flexibility index (Phi) is 3.97. The highest BCUT2D eigenvalue weighted by molar-refractivity contribution is 7.99. The minimum atomic E-state index is -1.14. The summed E-state index contributed by atoms with van der Waals surface area (Å²) in [5, 5.41) is 18.4. The second kappa shape index (κ2) is 5.67. The Hall–Kier alpha value is -2.14.